The Morgan fingerprint density at radius 3 is 2.67 bits per heavy atom. The number of hydrogen-bond acceptors (Lipinski definition) is 4. The van der Waals surface area contributed by atoms with Crippen LogP contribution in [0.2, 0.25) is 0 Å². The van der Waals surface area contributed by atoms with Crippen molar-refractivity contribution in [2.45, 2.75) is 30.7 Å². The molecule has 0 spiro atoms. The van der Waals surface area contributed by atoms with Gasteiger partial charge in [0, 0.05) is 12.6 Å². The van der Waals surface area contributed by atoms with Crippen molar-refractivity contribution < 1.29 is 19.8 Å². The first-order chi connectivity index (χ1) is 8.59. The van der Waals surface area contributed by atoms with Gasteiger partial charge in [-0.15, -0.1) is 11.8 Å². The lowest BCUT2D eigenvalue weighted by molar-refractivity contribution is -0.137. The maximum Gasteiger partial charge on any atom is 0.335 e. The number of aromatic carboxylic acids is 1. The summed E-state index contributed by atoms with van der Waals surface area (Å²) in [5.41, 5.74) is 0.235. The van der Waals surface area contributed by atoms with Crippen LogP contribution in [0.25, 0.3) is 0 Å². The van der Waals surface area contributed by atoms with Gasteiger partial charge < -0.3 is 10.2 Å². The van der Waals surface area contributed by atoms with Gasteiger partial charge in [-0.25, -0.2) is 9.78 Å². The number of rotatable bonds is 8. The molecule has 0 aliphatic heterocycles. The molecule has 1 aromatic heterocycles. The lowest BCUT2D eigenvalue weighted by atomic mass is 10.2. The monoisotopic (exact) mass is 269 g/mol. The normalized spacial score (nSPS) is 10.2. The van der Waals surface area contributed by atoms with Crippen molar-refractivity contribution in [2.75, 3.05) is 5.75 Å². The van der Waals surface area contributed by atoms with Crippen LogP contribution in [0.15, 0.2) is 23.4 Å². The van der Waals surface area contributed by atoms with Gasteiger partial charge in [0.05, 0.1) is 10.6 Å². The van der Waals surface area contributed by atoms with Gasteiger partial charge in [-0.3, -0.25) is 4.79 Å². The Morgan fingerprint density at radius 1 is 1.22 bits per heavy atom. The zero-order valence-electron chi connectivity index (χ0n) is 9.83. The predicted molar refractivity (Wildman–Crippen MR) is 68.0 cm³/mol. The highest BCUT2D eigenvalue weighted by Gasteiger charge is 2.04. The minimum Gasteiger partial charge on any atom is -0.481 e. The second-order valence-corrected chi connectivity index (χ2v) is 4.86. The van der Waals surface area contributed by atoms with Crippen LogP contribution in [0.1, 0.15) is 36.0 Å². The maximum absolute atomic E-state index is 10.7. The largest absolute Gasteiger partial charge is 0.481 e. The van der Waals surface area contributed by atoms with Crippen LogP contribution in [0.4, 0.5) is 0 Å². The summed E-state index contributed by atoms with van der Waals surface area (Å²) < 4.78 is 0. The molecule has 2 N–H and O–H groups in total. The van der Waals surface area contributed by atoms with Crippen LogP contribution in [-0.4, -0.2) is 32.9 Å². The molecule has 0 atom stereocenters. The number of unbranched alkanes of at least 4 members (excludes halogenated alkanes) is 2. The topological polar surface area (TPSA) is 87.5 Å². The Hall–Kier alpha value is -1.56. The third-order valence-corrected chi connectivity index (χ3v) is 3.28. The van der Waals surface area contributed by atoms with E-state index in [-0.39, 0.29) is 12.0 Å². The molecule has 0 bridgehead atoms. The van der Waals surface area contributed by atoms with E-state index >= 15 is 0 Å². The number of nitrogens with zero attached hydrogens (tertiary/aromatic N) is 1. The summed E-state index contributed by atoms with van der Waals surface area (Å²) in [4.78, 5) is 25.1. The van der Waals surface area contributed by atoms with Crippen molar-refractivity contribution in [3.63, 3.8) is 0 Å². The number of carboxylic acid groups (broad SMARTS) is 2. The molecule has 18 heavy (non-hydrogen) atoms. The standard InChI is InChI=1S/C12H15NO4S/c14-11(15)4-2-1-3-7-18-10-8-9(12(16)17)5-6-13-10/h5-6,8H,1-4,7H2,(H,14,15)(H,16,17). The molecule has 6 heteroatoms. The van der Waals surface area contributed by atoms with Gasteiger partial charge >= 0.3 is 11.9 Å². The highest BCUT2D eigenvalue weighted by molar-refractivity contribution is 7.99. The molecule has 0 unspecified atom stereocenters. The van der Waals surface area contributed by atoms with E-state index in [1.807, 2.05) is 0 Å². The fourth-order valence-electron chi connectivity index (χ4n) is 1.35. The third-order valence-electron chi connectivity index (χ3n) is 2.27. The molecule has 0 aromatic carbocycles. The second kappa shape index (κ2) is 7.71. The molecule has 98 valence electrons. The van der Waals surface area contributed by atoms with Gasteiger partial charge in [0.15, 0.2) is 0 Å². The number of carboxylic acids is 2. The lowest BCUT2D eigenvalue weighted by Gasteiger charge is -2.01. The van der Waals surface area contributed by atoms with Crippen LogP contribution < -0.4 is 0 Å². The predicted octanol–water partition coefficient (Wildman–Crippen LogP) is 2.52. The summed E-state index contributed by atoms with van der Waals surface area (Å²) in [6.45, 7) is 0. The van der Waals surface area contributed by atoms with Crippen LogP contribution >= 0.6 is 11.8 Å². The van der Waals surface area contributed by atoms with Crippen molar-refractivity contribution in [2.24, 2.45) is 0 Å². The average molecular weight is 269 g/mol. The average Bonchev–Trinajstić information content (AvgIpc) is 2.33. The summed E-state index contributed by atoms with van der Waals surface area (Å²) in [6.07, 6.45) is 4.13. The van der Waals surface area contributed by atoms with Crippen LogP contribution in [0.5, 0.6) is 0 Å². The molecule has 1 heterocycles. The first-order valence-electron chi connectivity index (χ1n) is 5.63. The molecule has 0 fully saturated rings. The summed E-state index contributed by atoms with van der Waals surface area (Å²) in [6, 6.07) is 3.00. The minimum atomic E-state index is -0.958. The van der Waals surface area contributed by atoms with Crippen molar-refractivity contribution in [3.05, 3.63) is 23.9 Å². The summed E-state index contributed by atoms with van der Waals surface area (Å²) in [7, 11) is 0. The smallest absolute Gasteiger partial charge is 0.335 e. The number of thioether (sulfide) groups is 1. The zero-order valence-corrected chi connectivity index (χ0v) is 10.7. The molecule has 1 aromatic rings. The lowest BCUT2D eigenvalue weighted by Crippen LogP contribution is -1.97. The molecule has 0 amide bonds. The maximum atomic E-state index is 10.7. The highest BCUT2D eigenvalue weighted by Crippen LogP contribution is 2.18. The molecule has 0 aliphatic rings. The van der Waals surface area contributed by atoms with E-state index in [9.17, 15) is 9.59 Å². The van der Waals surface area contributed by atoms with Crippen molar-refractivity contribution in [1.82, 2.24) is 4.98 Å². The van der Waals surface area contributed by atoms with E-state index in [0.29, 0.717) is 11.4 Å². The van der Waals surface area contributed by atoms with Crippen molar-refractivity contribution >= 4 is 23.7 Å². The van der Waals surface area contributed by atoms with E-state index in [4.69, 9.17) is 10.2 Å². The fraction of sp³-hybridized carbons (Fsp3) is 0.417. The first-order valence-corrected chi connectivity index (χ1v) is 6.62. The zero-order chi connectivity index (χ0) is 13.4. The van der Waals surface area contributed by atoms with Crippen molar-refractivity contribution in [1.29, 1.82) is 0 Å². The number of hydrogen-bond donors (Lipinski definition) is 2. The molecule has 0 saturated heterocycles. The number of aliphatic carboxylic acids is 1. The van der Waals surface area contributed by atoms with E-state index in [2.05, 4.69) is 4.98 Å². The van der Waals surface area contributed by atoms with Gasteiger partial charge in [-0.1, -0.05) is 6.42 Å². The molecule has 0 aliphatic carbocycles. The van der Waals surface area contributed by atoms with Gasteiger partial charge in [-0.05, 0) is 30.7 Å². The Kier molecular flexibility index (Phi) is 6.21. The number of carbonyl (C=O) groups is 2. The molecular formula is C12H15NO4S. The molecular weight excluding hydrogens is 254 g/mol. The summed E-state index contributed by atoms with van der Waals surface area (Å²) in [5, 5.41) is 18.0. The third kappa shape index (κ3) is 5.67. The SMILES string of the molecule is O=C(O)CCCCCSc1cc(C(=O)O)ccn1. The van der Waals surface area contributed by atoms with E-state index < -0.39 is 11.9 Å². The molecule has 5 nitrogen and oxygen atoms in total. The van der Waals surface area contributed by atoms with Crippen molar-refractivity contribution in [3.8, 4) is 0 Å². The van der Waals surface area contributed by atoms with Crippen LogP contribution in [0.3, 0.4) is 0 Å². The summed E-state index contributed by atoms with van der Waals surface area (Å²) >= 11 is 1.49. The first kappa shape index (κ1) is 14.5. The number of aromatic nitrogens is 1. The van der Waals surface area contributed by atoms with Gasteiger partial charge in [-0.2, -0.15) is 0 Å². The van der Waals surface area contributed by atoms with E-state index in [1.165, 1.54) is 24.0 Å². The Bertz CT molecular complexity index is 422. The second-order valence-electron chi connectivity index (χ2n) is 3.74. The number of pyridine rings is 1. The Labute approximate surface area is 109 Å². The van der Waals surface area contributed by atoms with E-state index in [0.717, 1.165) is 18.6 Å². The highest BCUT2D eigenvalue weighted by atomic mass is 32.2. The molecule has 1 rings (SSSR count). The quantitative estimate of drug-likeness (QED) is 0.557. The molecule has 0 saturated carbocycles. The fourth-order valence-corrected chi connectivity index (χ4v) is 2.26. The minimum absolute atomic E-state index is 0.206. The van der Waals surface area contributed by atoms with Crippen LogP contribution in [0, 0.1) is 0 Å². The summed E-state index contributed by atoms with van der Waals surface area (Å²) in [5.74, 6) is -0.908. The van der Waals surface area contributed by atoms with Gasteiger partial charge in [0.1, 0.15) is 0 Å². The Morgan fingerprint density at radius 2 is 2.00 bits per heavy atom. The molecule has 0 radical (unpaired) electrons. The van der Waals surface area contributed by atoms with Gasteiger partial charge in [0.2, 0.25) is 0 Å². The van der Waals surface area contributed by atoms with Crippen LogP contribution in [-0.2, 0) is 4.79 Å². The van der Waals surface area contributed by atoms with E-state index in [1.54, 1.807) is 6.07 Å². The van der Waals surface area contributed by atoms with Gasteiger partial charge in [0.25, 0.3) is 0 Å². The Balaban J connectivity index is 2.25.